The molecule has 2 fully saturated rings. The fourth-order valence-corrected chi connectivity index (χ4v) is 4.38. The topological polar surface area (TPSA) is 48.4 Å². The number of thiocarbonyl (C=S) groups is 1. The molecule has 0 N–H and O–H groups in total. The van der Waals surface area contributed by atoms with E-state index in [1.54, 1.807) is 4.90 Å². The Hall–Kier alpha value is -1.57. The van der Waals surface area contributed by atoms with Gasteiger partial charge in [0.25, 0.3) is 0 Å². The van der Waals surface area contributed by atoms with Gasteiger partial charge in [-0.25, -0.2) is 4.99 Å². The molecule has 4 aliphatic rings. The lowest BCUT2D eigenvalue weighted by molar-refractivity contribution is -0.128. The van der Waals surface area contributed by atoms with E-state index in [4.69, 9.17) is 17.0 Å². The van der Waals surface area contributed by atoms with Gasteiger partial charge in [-0.3, -0.25) is 9.69 Å². The van der Waals surface area contributed by atoms with Crippen molar-refractivity contribution in [2.24, 2.45) is 16.8 Å². The maximum Gasteiger partial charge on any atom is 0.241 e. The molecule has 0 spiro atoms. The summed E-state index contributed by atoms with van der Waals surface area (Å²) in [7, 11) is 0. The zero-order valence-electron chi connectivity index (χ0n) is 16.0. The van der Waals surface area contributed by atoms with E-state index in [-0.39, 0.29) is 11.8 Å². The van der Waals surface area contributed by atoms with Crippen molar-refractivity contribution >= 4 is 28.9 Å². The maximum absolute atomic E-state index is 13.1. The first-order valence-electron chi connectivity index (χ1n) is 10.0. The Morgan fingerprint density at radius 2 is 1.89 bits per heavy atom. The van der Waals surface area contributed by atoms with Crippen LogP contribution in [0.4, 0.5) is 0 Å². The summed E-state index contributed by atoms with van der Waals surface area (Å²) in [6, 6.07) is 0. The van der Waals surface area contributed by atoms with Gasteiger partial charge < -0.3 is 14.5 Å². The van der Waals surface area contributed by atoms with Crippen molar-refractivity contribution < 1.29 is 9.53 Å². The number of fused-ring (bicyclic) bond motifs is 1. The molecular weight excluding hydrogens is 360 g/mol. The molecule has 7 heteroatoms. The molecule has 0 radical (unpaired) electrons. The number of aliphatic imine (C=N–C) groups is 1. The van der Waals surface area contributed by atoms with Crippen LogP contribution >= 0.6 is 12.2 Å². The summed E-state index contributed by atoms with van der Waals surface area (Å²) in [5, 5.41) is 0.407. The predicted octanol–water partition coefficient (Wildman–Crippen LogP) is 1.69. The van der Waals surface area contributed by atoms with Crippen LogP contribution in [0.2, 0.25) is 0 Å². The van der Waals surface area contributed by atoms with E-state index in [1.807, 2.05) is 18.2 Å². The number of hydrogen-bond donors (Lipinski definition) is 0. The maximum atomic E-state index is 13.1. The summed E-state index contributed by atoms with van der Waals surface area (Å²) < 4.78 is 5.43. The average molecular weight is 389 g/mol. The SMILES string of the molecule is CC1CCN(CCN2C(=O)C3C=C(N4CCOCC4)C=CC3=NC2=S)CC1. The Kier molecular flexibility index (Phi) is 5.71. The second-order valence-electron chi connectivity index (χ2n) is 7.84. The second kappa shape index (κ2) is 8.20. The highest BCUT2D eigenvalue weighted by atomic mass is 32.1. The fraction of sp³-hybridized carbons (Fsp3) is 0.650. The van der Waals surface area contributed by atoms with Crippen LogP contribution in [0.1, 0.15) is 19.8 Å². The molecule has 3 aliphatic heterocycles. The quantitative estimate of drug-likeness (QED) is 0.686. The van der Waals surface area contributed by atoms with E-state index in [0.717, 1.165) is 63.3 Å². The summed E-state index contributed by atoms with van der Waals surface area (Å²) in [5.74, 6) is 0.551. The number of hydrogen-bond acceptors (Lipinski definition) is 5. The van der Waals surface area contributed by atoms with Crippen LogP contribution in [0.5, 0.6) is 0 Å². The number of nitrogens with zero attached hydrogens (tertiary/aromatic N) is 4. The van der Waals surface area contributed by atoms with Gasteiger partial charge in [0.05, 0.1) is 18.9 Å². The van der Waals surface area contributed by atoms with Crippen LogP contribution < -0.4 is 0 Å². The smallest absolute Gasteiger partial charge is 0.241 e. The summed E-state index contributed by atoms with van der Waals surface area (Å²) in [4.78, 5) is 24.1. The molecule has 146 valence electrons. The van der Waals surface area contributed by atoms with Crippen LogP contribution in [-0.2, 0) is 9.53 Å². The number of rotatable bonds is 4. The highest BCUT2D eigenvalue weighted by Gasteiger charge is 2.35. The van der Waals surface area contributed by atoms with Crippen molar-refractivity contribution in [2.75, 3.05) is 52.5 Å². The third-order valence-corrected chi connectivity index (χ3v) is 6.27. The summed E-state index contributed by atoms with van der Waals surface area (Å²) in [5.41, 5.74) is 1.86. The zero-order valence-corrected chi connectivity index (χ0v) is 16.8. The monoisotopic (exact) mass is 388 g/mol. The van der Waals surface area contributed by atoms with Crippen LogP contribution in [0.15, 0.2) is 28.9 Å². The van der Waals surface area contributed by atoms with Gasteiger partial charge in [0, 0.05) is 31.9 Å². The van der Waals surface area contributed by atoms with E-state index in [0.29, 0.717) is 11.7 Å². The molecule has 0 aromatic heterocycles. The summed E-state index contributed by atoms with van der Waals surface area (Å²) >= 11 is 5.43. The van der Waals surface area contributed by atoms with Crippen molar-refractivity contribution in [3.8, 4) is 0 Å². The van der Waals surface area contributed by atoms with Gasteiger partial charge in [-0.05, 0) is 62.3 Å². The van der Waals surface area contributed by atoms with Crippen LogP contribution in [0.25, 0.3) is 0 Å². The Morgan fingerprint density at radius 3 is 2.63 bits per heavy atom. The van der Waals surface area contributed by atoms with Gasteiger partial charge in [-0.15, -0.1) is 0 Å². The van der Waals surface area contributed by atoms with Gasteiger partial charge >= 0.3 is 0 Å². The molecule has 0 bridgehead atoms. The molecule has 2 saturated heterocycles. The Labute approximate surface area is 166 Å². The molecule has 6 nitrogen and oxygen atoms in total. The average Bonchev–Trinajstić information content (AvgIpc) is 2.70. The first-order chi connectivity index (χ1) is 13.1. The minimum atomic E-state index is -0.319. The highest BCUT2D eigenvalue weighted by Crippen LogP contribution is 2.25. The molecule has 1 amide bonds. The van der Waals surface area contributed by atoms with E-state index in [9.17, 15) is 4.79 Å². The van der Waals surface area contributed by atoms with Crippen molar-refractivity contribution in [3.05, 3.63) is 23.9 Å². The Bertz CT molecular complexity index is 688. The van der Waals surface area contributed by atoms with E-state index >= 15 is 0 Å². The number of amides is 1. The minimum Gasteiger partial charge on any atom is -0.378 e. The standard InChI is InChI=1S/C20H28N4O2S/c1-15-4-6-22(7-5-15)8-9-24-19(25)17-14-16(23-10-12-26-13-11-23)2-3-18(17)21-20(24)27/h2-3,14-15,17H,4-13H2,1H3. The van der Waals surface area contributed by atoms with Crippen molar-refractivity contribution in [1.82, 2.24) is 14.7 Å². The van der Waals surface area contributed by atoms with E-state index < -0.39 is 0 Å². The van der Waals surface area contributed by atoms with Gasteiger partial charge in [0.2, 0.25) is 11.0 Å². The first kappa shape index (κ1) is 18.8. The highest BCUT2D eigenvalue weighted by molar-refractivity contribution is 7.80. The molecular formula is C20H28N4O2S. The third kappa shape index (κ3) is 4.15. The van der Waals surface area contributed by atoms with Gasteiger partial charge in [-0.2, -0.15) is 0 Å². The first-order valence-corrected chi connectivity index (χ1v) is 10.4. The number of likely N-dealkylation sites (tertiary alicyclic amines) is 1. The van der Waals surface area contributed by atoms with Crippen molar-refractivity contribution in [3.63, 3.8) is 0 Å². The number of carbonyl (C=O) groups is 1. The molecule has 1 unspecified atom stereocenters. The van der Waals surface area contributed by atoms with Gasteiger partial charge in [0.1, 0.15) is 5.92 Å². The minimum absolute atomic E-state index is 0.0606. The Balaban J connectivity index is 1.43. The largest absolute Gasteiger partial charge is 0.378 e. The number of ether oxygens (including phenoxy) is 1. The van der Waals surface area contributed by atoms with E-state index in [2.05, 4.69) is 21.7 Å². The molecule has 1 atom stereocenters. The summed E-state index contributed by atoms with van der Waals surface area (Å²) in [6.07, 6.45) is 8.51. The third-order valence-electron chi connectivity index (χ3n) is 5.96. The zero-order chi connectivity index (χ0) is 18.8. The molecule has 0 aromatic carbocycles. The Morgan fingerprint density at radius 1 is 1.15 bits per heavy atom. The molecule has 0 saturated carbocycles. The second-order valence-corrected chi connectivity index (χ2v) is 8.20. The van der Waals surface area contributed by atoms with Gasteiger partial charge in [0.15, 0.2) is 0 Å². The molecule has 4 rings (SSSR count). The lowest BCUT2D eigenvalue weighted by Crippen LogP contribution is -2.50. The lowest BCUT2D eigenvalue weighted by atomic mass is 9.93. The van der Waals surface area contributed by atoms with Crippen LogP contribution in [0.3, 0.4) is 0 Å². The van der Waals surface area contributed by atoms with E-state index in [1.165, 1.54) is 12.8 Å². The van der Waals surface area contributed by atoms with Crippen LogP contribution in [-0.4, -0.2) is 83.9 Å². The fourth-order valence-electron chi connectivity index (χ4n) is 4.09. The molecule has 0 aromatic rings. The number of piperidine rings is 1. The predicted molar refractivity (Wildman–Crippen MR) is 110 cm³/mol. The van der Waals surface area contributed by atoms with Crippen LogP contribution in [0, 0.1) is 11.8 Å². The lowest BCUT2D eigenvalue weighted by Gasteiger charge is -2.36. The molecule has 3 heterocycles. The van der Waals surface area contributed by atoms with Crippen molar-refractivity contribution in [1.29, 1.82) is 0 Å². The number of carbonyl (C=O) groups excluding carboxylic acids is 1. The molecule has 27 heavy (non-hydrogen) atoms. The summed E-state index contributed by atoms with van der Waals surface area (Å²) in [6.45, 7) is 9.21. The number of allylic oxidation sites excluding steroid dienone is 2. The van der Waals surface area contributed by atoms with Crippen molar-refractivity contribution in [2.45, 2.75) is 19.8 Å². The molecule has 1 aliphatic carbocycles. The number of morpholine rings is 1. The normalized spacial score (nSPS) is 27.5. The van der Waals surface area contributed by atoms with Gasteiger partial charge in [-0.1, -0.05) is 6.92 Å².